The van der Waals surface area contributed by atoms with Crippen LogP contribution >= 0.6 is 11.8 Å². The number of carbonyl (C=O) groups is 2. The van der Waals surface area contributed by atoms with Crippen LogP contribution in [0, 0.1) is 0 Å². The topological polar surface area (TPSA) is 65.1 Å². The number of methoxy groups -OCH3 is 1. The van der Waals surface area contributed by atoms with Crippen LogP contribution in [0.2, 0.25) is 0 Å². The summed E-state index contributed by atoms with van der Waals surface area (Å²) < 4.78 is 16.4. The Kier molecular flexibility index (Phi) is 6.97. The van der Waals surface area contributed by atoms with E-state index >= 15 is 0 Å². The molecule has 2 amide bonds. The molecule has 150 valence electrons. The van der Waals surface area contributed by atoms with Crippen molar-refractivity contribution in [3.63, 3.8) is 0 Å². The predicted octanol–water partition coefficient (Wildman–Crippen LogP) is 4.38. The zero-order valence-electron chi connectivity index (χ0n) is 16.0. The fraction of sp³-hybridized carbons (Fsp3) is 0.182. The van der Waals surface area contributed by atoms with Crippen molar-refractivity contribution in [1.29, 1.82) is 0 Å². The molecule has 0 bridgehead atoms. The van der Waals surface area contributed by atoms with E-state index in [0.717, 1.165) is 17.3 Å². The molecule has 29 heavy (non-hydrogen) atoms. The predicted molar refractivity (Wildman–Crippen MR) is 113 cm³/mol. The molecule has 2 aromatic carbocycles. The van der Waals surface area contributed by atoms with Gasteiger partial charge in [-0.3, -0.25) is 14.5 Å². The standard InChI is InChI=1S/C22H21NO5S/c1-3-12-27-17-8-6-7-16(14-17)15-20-21(24)23(22(25)29-20)11-13-28-19-10-5-4-9-18(19)26-2/h3-10,14-15H,1,11-13H2,2H3/b20-15-. The maximum Gasteiger partial charge on any atom is 0.293 e. The molecule has 1 saturated heterocycles. The maximum atomic E-state index is 12.6. The van der Waals surface area contributed by atoms with Crippen LogP contribution in [-0.4, -0.2) is 42.9 Å². The first-order chi connectivity index (χ1) is 14.1. The van der Waals surface area contributed by atoms with Gasteiger partial charge < -0.3 is 14.2 Å². The number of hydrogen-bond acceptors (Lipinski definition) is 6. The Labute approximate surface area is 173 Å². The molecule has 7 heteroatoms. The molecule has 2 aromatic rings. The zero-order chi connectivity index (χ0) is 20.6. The van der Waals surface area contributed by atoms with E-state index in [4.69, 9.17) is 14.2 Å². The minimum Gasteiger partial charge on any atom is -0.493 e. The van der Waals surface area contributed by atoms with Crippen molar-refractivity contribution < 1.29 is 23.8 Å². The third kappa shape index (κ3) is 5.20. The molecule has 0 unspecified atom stereocenters. The Morgan fingerprint density at radius 1 is 1.07 bits per heavy atom. The molecule has 6 nitrogen and oxygen atoms in total. The number of imide groups is 1. The minimum atomic E-state index is -0.332. The summed E-state index contributed by atoms with van der Waals surface area (Å²) in [5, 5.41) is -0.316. The maximum absolute atomic E-state index is 12.6. The van der Waals surface area contributed by atoms with E-state index < -0.39 is 0 Å². The molecule has 1 heterocycles. The second kappa shape index (κ2) is 9.84. The average Bonchev–Trinajstić information content (AvgIpc) is 3.00. The summed E-state index contributed by atoms with van der Waals surface area (Å²) >= 11 is 0.916. The van der Waals surface area contributed by atoms with Crippen LogP contribution in [-0.2, 0) is 4.79 Å². The Hall–Kier alpha value is -3.19. The van der Waals surface area contributed by atoms with Gasteiger partial charge in [0.05, 0.1) is 18.6 Å². The Morgan fingerprint density at radius 3 is 2.62 bits per heavy atom. The Bertz CT molecular complexity index is 940. The largest absolute Gasteiger partial charge is 0.493 e. The summed E-state index contributed by atoms with van der Waals surface area (Å²) in [4.78, 5) is 26.5. The summed E-state index contributed by atoms with van der Waals surface area (Å²) in [7, 11) is 1.56. The fourth-order valence-electron chi connectivity index (χ4n) is 2.68. The smallest absolute Gasteiger partial charge is 0.293 e. The third-order valence-corrected chi connectivity index (χ3v) is 4.95. The van der Waals surface area contributed by atoms with Crippen LogP contribution in [0.1, 0.15) is 5.56 Å². The highest BCUT2D eigenvalue weighted by atomic mass is 32.2. The van der Waals surface area contributed by atoms with Crippen molar-refractivity contribution >= 4 is 29.0 Å². The van der Waals surface area contributed by atoms with Crippen LogP contribution in [0.15, 0.2) is 66.1 Å². The normalized spacial score (nSPS) is 14.9. The van der Waals surface area contributed by atoms with Crippen molar-refractivity contribution in [2.75, 3.05) is 26.9 Å². The van der Waals surface area contributed by atoms with Gasteiger partial charge in [0.15, 0.2) is 11.5 Å². The van der Waals surface area contributed by atoms with Gasteiger partial charge in [0, 0.05) is 0 Å². The van der Waals surface area contributed by atoms with Gasteiger partial charge in [-0.2, -0.15) is 0 Å². The molecule has 0 aliphatic carbocycles. The van der Waals surface area contributed by atoms with E-state index in [1.54, 1.807) is 31.4 Å². The van der Waals surface area contributed by atoms with Gasteiger partial charge in [0.1, 0.15) is 19.0 Å². The number of benzene rings is 2. The van der Waals surface area contributed by atoms with Gasteiger partial charge in [0.2, 0.25) is 0 Å². The van der Waals surface area contributed by atoms with Crippen molar-refractivity contribution in [3.05, 3.63) is 71.7 Å². The third-order valence-electron chi connectivity index (χ3n) is 4.04. The first-order valence-electron chi connectivity index (χ1n) is 8.97. The first-order valence-corrected chi connectivity index (χ1v) is 9.79. The molecule has 1 aliphatic heterocycles. The molecule has 3 rings (SSSR count). The molecule has 0 saturated carbocycles. The lowest BCUT2D eigenvalue weighted by Crippen LogP contribution is -2.32. The minimum absolute atomic E-state index is 0.155. The number of carbonyl (C=O) groups excluding carboxylic acids is 2. The van der Waals surface area contributed by atoms with E-state index in [9.17, 15) is 9.59 Å². The SMILES string of the molecule is C=CCOc1cccc(/C=C2\SC(=O)N(CCOc3ccccc3OC)C2=O)c1. The molecular formula is C22H21NO5S. The molecular weight excluding hydrogens is 390 g/mol. The molecule has 0 radical (unpaired) electrons. The van der Waals surface area contributed by atoms with Crippen molar-refractivity contribution in [2.24, 2.45) is 0 Å². The van der Waals surface area contributed by atoms with Crippen molar-refractivity contribution in [2.45, 2.75) is 0 Å². The van der Waals surface area contributed by atoms with Crippen LogP contribution in [0.3, 0.4) is 0 Å². The monoisotopic (exact) mass is 411 g/mol. The van der Waals surface area contributed by atoms with E-state index in [2.05, 4.69) is 6.58 Å². The van der Waals surface area contributed by atoms with Crippen LogP contribution < -0.4 is 14.2 Å². The van der Waals surface area contributed by atoms with Gasteiger partial charge in [0.25, 0.3) is 11.1 Å². The molecule has 1 fully saturated rings. The number of amides is 2. The van der Waals surface area contributed by atoms with Gasteiger partial charge in [-0.15, -0.1) is 0 Å². The second-order valence-electron chi connectivity index (χ2n) is 6.00. The van der Waals surface area contributed by atoms with E-state index in [1.807, 2.05) is 36.4 Å². The summed E-state index contributed by atoms with van der Waals surface area (Å²) in [6, 6.07) is 14.5. The number of para-hydroxylation sites is 2. The number of nitrogens with zero attached hydrogens (tertiary/aromatic N) is 1. The molecule has 1 aliphatic rings. The summed E-state index contributed by atoms with van der Waals surface area (Å²) in [6.07, 6.45) is 3.35. The highest BCUT2D eigenvalue weighted by molar-refractivity contribution is 8.18. The highest BCUT2D eigenvalue weighted by Gasteiger charge is 2.34. The quantitative estimate of drug-likeness (QED) is 0.451. The number of rotatable bonds is 9. The zero-order valence-corrected chi connectivity index (χ0v) is 16.8. The van der Waals surface area contributed by atoms with Crippen LogP contribution in [0.4, 0.5) is 4.79 Å². The Morgan fingerprint density at radius 2 is 1.86 bits per heavy atom. The summed E-state index contributed by atoms with van der Waals surface area (Å²) in [6.45, 7) is 4.34. The lowest BCUT2D eigenvalue weighted by Gasteiger charge is -2.14. The average molecular weight is 411 g/mol. The van der Waals surface area contributed by atoms with E-state index in [1.165, 1.54) is 4.90 Å². The summed E-state index contributed by atoms with van der Waals surface area (Å²) in [5.74, 6) is 1.50. The Balaban J connectivity index is 1.63. The van der Waals surface area contributed by atoms with E-state index in [-0.39, 0.29) is 24.3 Å². The van der Waals surface area contributed by atoms with Gasteiger partial charge in [-0.1, -0.05) is 36.9 Å². The van der Waals surface area contributed by atoms with Gasteiger partial charge in [-0.05, 0) is 47.7 Å². The van der Waals surface area contributed by atoms with Gasteiger partial charge in [-0.25, -0.2) is 0 Å². The van der Waals surface area contributed by atoms with Gasteiger partial charge >= 0.3 is 0 Å². The van der Waals surface area contributed by atoms with Crippen molar-refractivity contribution in [1.82, 2.24) is 4.90 Å². The first kappa shape index (κ1) is 20.5. The van der Waals surface area contributed by atoms with Crippen LogP contribution in [0.25, 0.3) is 6.08 Å². The molecule has 0 atom stereocenters. The molecule has 0 spiro atoms. The highest BCUT2D eigenvalue weighted by Crippen LogP contribution is 2.33. The lowest BCUT2D eigenvalue weighted by atomic mass is 10.2. The number of hydrogen-bond donors (Lipinski definition) is 0. The van der Waals surface area contributed by atoms with Crippen LogP contribution in [0.5, 0.6) is 17.2 Å². The van der Waals surface area contributed by atoms with E-state index in [0.29, 0.717) is 28.8 Å². The number of thioether (sulfide) groups is 1. The molecule has 0 N–H and O–H groups in total. The summed E-state index contributed by atoms with van der Waals surface area (Å²) in [5.41, 5.74) is 0.780. The van der Waals surface area contributed by atoms with Crippen molar-refractivity contribution in [3.8, 4) is 17.2 Å². The second-order valence-corrected chi connectivity index (χ2v) is 7.00. The fourth-order valence-corrected chi connectivity index (χ4v) is 3.54. The molecule has 0 aromatic heterocycles. The lowest BCUT2D eigenvalue weighted by molar-refractivity contribution is -0.123. The number of ether oxygens (including phenoxy) is 3.